The van der Waals surface area contributed by atoms with Crippen molar-refractivity contribution in [2.75, 3.05) is 0 Å². The van der Waals surface area contributed by atoms with Crippen molar-refractivity contribution in [3.63, 3.8) is 0 Å². The summed E-state index contributed by atoms with van der Waals surface area (Å²) >= 11 is 1.87. The highest BCUT2D eigenvalue weighted by atomic mass is 32.1. The molecule has 0 aliphatic rings. The third-order valence-electron chi connectivity index (χ3n) is 2.92. The standard InChI is InChI=1S/C13H19N3S/c1-9-5-13(11(3)17-9)10(2)14-6-12-7-15-16(4)8-12/h5,7-8,10,14H,6H2,1-4H3. The summed E-state index contributed by atoms with van der Waals surface area (Å²) < 4.78 is 1.83. The Morgan fingerprint density at radius 2 is 2.24 bits per heavy atom. The second-order valence-electron chi connectivity index (χ2n) is 4.49. The van der Waals surface area contributed by atoms with Gasteiger partial charge in [-0.05, 0) is 32.4 Å². The first kappa shape index (κ1) is 12.3. The van der Waals surface area contributed by atoms with Gasteiger partial charge in [-0.25, -0.2) is 0 Å². The van der Waals surface area contributed by atoms with Crippen molar-refractivity contribution in [3.8, 4) is 0 Å². The number of aryl methyl sites for hydroxylation is 3. The highest BCUT2D eigenvalue weighted by Gasteiger charge is 2.10. The first-order valence-electron chi connectivity index (χ1n) is 5.84. The van der Waals surface area contributed by atoms with E-state index >= 15 is 0 Å². The molecule has 0 aliphatic carbocycles. The number of hydrogen-bond acceptors (Lipinski definition) is 3. The molecule has 2 heterocycles. The second-order valence-corrected chi connectivity index (χ2v) is 5.95. The monoisotopic (exact) mass is 249 g/mol. The minimum absolute atomic E-state index is 0.389. The lowest BCUT2D eigenvalue weighted by molar-refractivity contribution is 0.573. The van der Waals surface area contributed by atoms with E-state index in [2.05, 4.69) is 37.3 Å². The molecule has 1 unspecified atom stereocenters. The van der Waals surface area contributed by atoms with Crippen LogP contribution >= 0.6 is 11.3 Å². The van der Waals surface area contributed by atoms with Crippen LogP contribution in [0, 0.1) is 13.8 Å². The average Bonchev–Trinajstić information content (AvgIpc) is 2.81. The van der Waals surface area contributed by atoms with Gasteiger partial charge in [0.15, 0.2) is 0 Å². The molecule has 2 aromatic rings. The van der Waals surface area contributed by atoms with Gasteiger partial charge in [0.1, 0.15) is 0 Å². The molecule has 17 heavy (non-hydrogen) atoms. The number of rotatable bonds is 4. The van der Waals surface area contributed by atoms with Crippen LogP contribution in [-0.4, -0.2) is 9.78 Å². The lowest BCUT2D eigenvalue weighted by Gasteiger charge is -2.12. The van der Waals surface area contributed by atoms with E-state index in [1.807, 2.05) is 35.5 Å². The van der Waals surface area contributed by atoms with Crippen LogP contribution in [0.2, 0.25) is 0 Å². The molecule has 2 rings (SSSR count). The summed E-state index contributed by atoms with van der Waals surface area (Å²) in [5.41, 5.74) is 2.64. The fourth-order valence-corrected chi connectivity index (χ4v) is 3.05. The maximum Gasteiger partial charge on any atom is 0.0534 e. The van der Waals surface area contributed by atoms with Gasteiger partial charge in [-0.15, -0.1) is 11.3 Å². The van der Waals surface area contributed by atoms with Crippen LogP contribution in [0.5, 0.6) is 0 Å². The molecule has 0 aliphatic heterocycles. The second kappa shape index (κ2) is 5.02. The molecular weight excluding hydrogens is 230 g/mol. The third-order valence-corrected chi connectivity index (χ3v) is 3.90. The molecule has 2 aromatic heterocycles. The minimum atomic E-state index is 0.389. The van der Waals surface area contributed by atoms with Crippen LogP contribution in [0.25, 0.3) is 0 Å². The number of nitrogens with zero attached hydrogens (tertiary/aromatic N) is 2. The van der Waals surface area contributed by atoms with Crippen LogP contribution in [-0.2, 0) is 13.6 Å². The van der Waals surface area contributed by atoms with Crippen molar-refractivity contribution in [2.45, 2.75) is 33.4 Å². The Labute approximate surface area is 106 Å². The van der Waals surface area contributed by atoms with Crippen LogP contribution in [0.1, 0.15) is 33.8 Å². The zero-order chi connectivity index (χ0) is 12.4. The lowest BCUT2D eigenvalue weighted by atomic mass is 10.1. The zero-order valence-corrected chi connectivity index (χ0v) is 11.6. The highest BCUT2D eigenvalue weighted by molar-refractivity contribution is 7.12. The third kappa shape index (κ3) is 2.96. The maximum atomic E-state index is 4.17. The van der Waals surface area contributed by atoms with Gasteiger partial charge in [-0.3, -0.25) is 4.68 Å². The van der Waals surface area contributed by atoms with Crippen LogP contribution < -0.4 is 5.32 Å². The first-order chi connectivity index (χ1) is 8.06. The molecule has 0 amide bonds. The Hall–Kier alpha value is -1.13. The van der Waals surface area contributed by atoms with Crippen molar-refractivity contribution < 1.29 is 0 Å². The highest BCUT2D eigenvalue weighted by Crippen LogP contribution is 2.26. The summed E-state index contributed by atoms with van der Waals surface area (Å²) in [6.07, 6.45) is 3.96. The van der Waals surface area contributed by atoms with Crippen molar-refractivity contribution in [3.05, 3.63) is 39.3 Å². The molecule has 0 radical (unpaired) electrons. The van der Waals surface area contributed by atoms with E-state index < -0.39 is 0 Å². The van der Waals surface area contributed by atoms with Gasteiger partial charge in [0.2, 0.25) is 0 Å². The molecule has 0 saturated carbocycles. The summed E-state index contributed by atoms with van der Waals surface area (Å²) in [5.74, 6) is 0. The minimum Gasteiger partial charge on any atom is -0.306 e. The quantitative estimate of drug-likeness (QED) is 0.903. The average molecular weight is 249 g/mol. The van der Waals surface area contributed by atoms with Gasteiger partial charge in [0.25, 0.3) is 0 Å². The van der Waals surface area contributed by atoms with Crippen LogP contribution in [0.15, 0.2) is 18.5 Å². The van der Waals surface area contributed by atoms with Crippen LogP contribution in [0.3, 0.4) is 0 Å². The maximum absolute atomic E-state index is 4.17. The fraction of sp³-hybridized carbons (Fsp3) is 0.462. The lowest BCUT2D eigenvalue weighted by Crippen LogP contribution is -2.17. The Balaban J connectivity index is 1.97. The van der Waals surface area contributed by atoms with Gasteiger partial charge in [0.05, 0.1) is 6.20 Å². The molecule has 0 spiro atoms. The van der Waals surface area contributed by atoms with Crippen molar-refractivity contribution >= 4 is 11.3 Å². The Morgan fingerprint density at radius 1 is 1.47 bits per heavy atom. The van der Waals surface area contributed by atoms with E-state index in [1.165, 1.54) is 20.9 Å². The molecule has 0 aromatic carbocycles. The molecule has 0 saturated heterocycles. The summed E-state index contributed by atoms with van der Waals surface area (Å²) in [6, 6.07) is 2.67. The van der Waals surface area contributed by atoms with E-state index in [-0.39, 0.29) is 0 Å². The molecule has 1 N–H and O–H groups in total. The topological polar surface area (TPSA) is 29.9 Å². The first-order valence-corrected chi connectivity index (χ1v) is 6.65. The number of nitrogens with one attached hydrogen (secondary N) is 1. The largest absolute Gasteiger partial charge is 0.306 e. The van der Waals surface area contributed by atoms with E-state index in [0.29, 0.717) is 6.04 Å². The zero-order valence-electron chi connectivity index (χ0n) is 10.8. The van der Waals surface area contributed by atoms with E-state index in [1.54, 1.807) is 0 Å². The van der Waals surface area contributed by atoms with Gasteiger partial charge >= 0.3 is 0 Å². The smallest absolute Gasteiger partial charge is 0.0534 e. The molecule has 4 heteroatoms. The predicted octanol–water partition coefficient (Wildman–Crippen LogP) is 2.95. The molecule has 0 fully saturated rings. The Morgan fingerprint density at radius 3 is 2.76 bits per heavy atom. The molecule has 1 atom stereocenters. The van der Waals surface area contributed by atoms with Crippen molar-refractivity contribution in [2.24, 2.45) is 7.05 Å². The number of aromatic nitrogens is 2. The van der Waals surface area contributed by atoms with Gasteiger partial charge in [-0.1, -0.05) is 0 Å². The Kier molecular flexibility index (Phi) is 3.64. The molecular formula is C13H19N3S. The predicted molar refractivity (Wildman–Crippen MR) is 72.3 cm³/mol. The van der Waals surface area contributed by atoms with Gasteiger partial charge in [0, 0.05) is 41.1 Å². The summed E-state index contributed by atoms with van der Waals surface area (Å²) in [6.45, 7) is 7.43. The Bertz CT molecular complexity index is 498. The van der Waals surface area contributed by atoms with Gasteiger partial charge < -0.3 is 5.32 Å². The summed E-state index contributed by atoms with van der Waals surface area (Å²) in [4.78, 5) is 2.79. The van der Waals surface area contributed by atoms with E-state index in [4.69, 9.17) is 0 Å². The molecule has 0 bridgehead atoms. The van der Waals surface area contributed by atoms with E-state index in [0.717, 1.165) is 6.54 Å². The number of hydrogen-bond donors (Lipinski definition) is 1. The van der Waals surface area contributed by atoms with Crippen molar-refractivity contribution in [1.29, 1.82) is 0 Å². The summed E-state index contributed by atoms with van der Waals surface area (Å²) in [5, 5.41) is 7.70. The summed E-state index contributed by atoms with van der Waals surface area (Å²) in [7, 11) is 1.94. The molecule has 3 nitrogen and oxygen atoms in total. The fourth-order valence-electron chi connectivity index (χ4n) is 2.02. The van der Waals surface area contributed by atoms with Crippen LogP contribution in [0.4, 0.5) is 0 Å². The SMILES string of the molecule is Cc1cc(C(C)NCc2cnn(C)c2)c(C)s1. The molecule has 92 valence electrons. The number of thiophene rings is 1. The van der Waals surface area contributed by atoms with Gasteiger partial charge in [-0.2, -0.15) is 5.10 Å². The normalized spacial score (nSPS) is 12.9. The van der Waals surface area contributed by atoms with Crippen molar-refractivity contribution in [1.82, 2.24) is 15.1 Å². The van der Waals surface area contributed by atoms with E-state index in [9.17, 15) is 0 Å².